The van der Waals surface area contributed by atoms with Crippen LogP contribution in [-0.4, -0.2) is 5.91 Å². The third kappa shape index (κ3) is 3.14. The lowest BCUT2D eigenvalue weighted by Gasteiger charge is -2.07. The van der Waals surface area contributed by atoms with Gasteiger partial charge in [0.15, 0.2) is 11.2 Å². The van der Waals surface area contributed by atoms with Crippen LogP contribution in [0, 0.1) is 5.82 Å². The summed E-state index contributed by atoms with van der Waals surface area (Å²) in [6.07, 6.45) is 0. The minimum absolute atomic E-state index is 0.143. The number of fused-ring (bicyclic) bond motifs is 2. The third-order valence-electron chi connectivity index (χ3n) is 4.77. The molecule has 0 saturated heterocycles. The normalized spacial score (nSPS) is 11.1. The maximum atomic E-state index is 14.0. The van der Waals surface area contributed by atoms with Crippen molar-refractivity contribution in [2.45, 2.75) is 0 Å². The van der Waals surface area contributed by atoms with Crippen molar-refractivity contribution in [2.75, 3.05) is 5.32 Å². The Morgan fingerprint density at radius 2 is 1.63 bits per heavy atom. The summed E-state index contributed by atoms with van der Waals surface area (Å²) >= 11 is 0. The average molecular weight is 399 g/mol. The summed E-state index contributed by atoms with van der Waals surface area (Å²) in [5.74, 6) is -0.601. The molecule has 30 heavy (non-hydrogen) atoms. The molecule has 0 saturated carbocycles. The predicted octanol–water partition coefficient (Wildman–Crippen LogP) is 5.60. The van der Waals surface area contributed by atoms with E-state index in [-0.39, 0.29) is 27.9 Å². The van der Waals surface area contributed by atoms with Crippen LogP contribution in [0.5, 0.6) is 0 Å². The molecule has 5 rings (SSSR count). The smallest absolute Gasteiger partial charge is 0.291 e. The molecule has 1 amide bonds. The molecular formula is C24H14FNO4. The molecule has 146 valence electrons. The lowest BCUT2D eigenvalue weighted by atomic mass is 10.1. The zero-order valence-corrected chi connectivity index (χ0v) is 15.5. The highest BCUT2D eigenvalue weighted by atomic mass is 19.1. The van der Waals surface area contributed by atoms with E-state index in [1.54, 1.807) is 42.5 Å². The fraction of sp³-hybridized carbons (Fsp3) is 0. The summed E-state index contributed by atoms with van der Waals surface area (Å²) in [5.41, 5.74) is 1.19. The number of carbonyl (C=O) groups excluding carboxylic acids is 1. The first-order valence-corrected chi connectivity index (χ1v) is 9.21. The summed E-state index contributed by atoms with van der Waals surface area (Å²) in [5, 5.41) is 3.82. The van der Waals surface area contributed by atoms with Crippen LogP contribution in [0.25, 0.3) is 33.3 Å². The number of nitrogens with one attached hydrogen (secondary N) is 1. The zero-order chi connectivity index (χ0) is 20.7. The first kappa shape index (κ1) is 17.9. The second-order valence-electron chi connectivity index (χ2n) is 6.77. The molecule has 0 unspecified atom stereocenters. The monoisotopic (exact) mass is 399 g/mol. The number of anilines is 1. The highest BCUT2D eigenvalue weighted by Crippen LogP contribution is 2.26. The van der Waals surface area contributed by atoms with E-state index < -0.39 is 11.7 Å². The van der Waals surface area contributed by atoms with Gasteiger partial charge in [-0.15, -0.1) is 0 Å². The van der Waals surface area contributed by atoms with Gasteiger partial charge in [0.05, 0.1) is 10.9 Å². The van der Waals surface area contributed by atoms with E-state index >= 15 is 0 Å². The molecule has 0 spiro atoms. The van der Waals surface area contributed by atoms with Crippen molar-refractivity contribution >= 4 is 33.5 Å². The van der Waals surface area contributed by atoms with Gasteiger partial charge in [0.2, 0.25) is 0 Å². The van der Waals surface area contributed by atoms with Crippen molar-refractivity contribution in [3.63, 3.8) is 0 Å². The van der Waals surface area contributed by atoms with Crippen molar-refractivity contribution in [1.29, 1.82) is 0 Å². The summed E-state index contributed by atoms with van der Waals surface area (Å²) in [4.78, 5) is 25.1. The topological polar surface area (TPSA) is 72.5 Å². The lowest BCUT2D eigenvalue weighted by molar-refractivity contribution is 0.0998. The minimum Gasteiger partial charge on any atom is -0.456 e. The number of benzene rings is 3. The molecule has 0 fully saturated rings. The summed E-state index contributed by atoms with van der Waals surface area (Å²) < 4.78 is 25.3. The van der Waals surface area contributed by atoms with Crippen LogP contribution in [0.15, 0.2) is 92.5 Å². The van der Waals surface area contributed by atoms with E-state index in [4.69, 9.17) is 8.83 Å². The molecule has 6 heteroatoms. The minimum atomic E-state index is -0.477. The first-order chi connectivity index (χ1) is 14.6. The van der Waals surface area contributed by atoms with Crippen molar-refractivity contribution in [3.05, 3.63) is 101 Å². The summed E-state index contributed by atoms with van der Waals surface area (Å²) in [7, 11) is 0. The number of furan rings is 1. The third-order valence-corrected chi connectivity index (χ3v) is 4.77. The Morgan fingerprint density at radius 1 is 0.833 bits per heavy atom. The highest BCUT2D eigenvalue weighted by Gasteiger charge is 2.14. The van der Waals surface area contributed by atoms with E-state index in [0.29, 0.717) is 16.9 Å². The van der Waals surface area contributed by atoms with E-state index in [0.717, 1.165) is 5.39 Å². The Morgan fingerprint density at radius 3 is 2.47 bits per heavy atom. The van der Waals surface area contributed by atoms with Crippen LogP contribution in [0.4, 0.5) is 10.1 Å². The molecule has 0 bridgehead atoms. The van der Waals surface area contributed by atoms with E-state index in [2.05, 4.69) is 5.32 Å². The first-order valence-electron chi connectivity index (χ1n) is 9.21. The Hall–Kier alpha value is -4.19. The fourth-order valence-electron chi connectivity index (χ4n) is 3.31. The molecule has 1 N–H and O–H groups in total. The summed E-state index contributed by atoms with van der Waals surface area (Å²) in [6, 6.07) is 21.0. The maximum absolute atomic E-state index is 14.0. The van der Waals surface area contributed by atoms with Crippen LogP contribution in [0.2, 0.25) is 0 Å². The number of carbonyl (C=O) groups is 1. The number of hydrogen-bond donors (Lipinski definition) is 1. The number of rotatable bonds is 3. The molecule has 5 nitrogen and oxygen atoms in total. The van der Waals surface area contributed by atoms with Gasteiger partial charge in [0.1, 0.15) is 22.7 Å². The molecule has 2 aromatic heterocycles. The van der Waals surface area contributed by atoms with Gasteiger partial charge < -0.3 is 14.2 Å². The number of halogens is 1. The van der Waals surface area contributed by atoms with Crippen LogP contribution < -0.4 is 10.7 Å². The molecule has 0 atom stereocenters. The maximum Gasteiger partial charge on any atom is 0.291 e. The average Bonchev–Trinajstić information content (AvgIpc) is 3.19. The van der Waals surface area contributed by atoms with Crippen molar-refractivity contribution in [1.82, 2.24) is 0 Å². The number of para-hydroxylation sites is 1. The van der Waals surface area contributed by atoms with E-state index in [1.807, 2.05) is 18.2 Å². The molecule has 2 heterocycles. The SMILES string of the molecule is O=C(Nc1ccc2oc(-c3ccccc3F)cc(=O)c2c1)c1cc2ccccc2o1. The van der Waals surface area contributed by atoms with Crippen LogP contribution in [0.3, 0.4) is 0 Å². The van der Waals surface area contributed by atoms with Crippen molar-refractivity contribution < 1.29 is 18.0 Å². The van der Waals surface area contributed by atoms with E-state index in [9.17, 15) is 14.0 Å². The summed E-state index contributed by atoms with van der Waals surface area (Å²) in [6.45, 7) is 0. The second kappa shape index (κ2) is 7.00. The van der Waals surface area contributed by atoms with Gasteiger partial charge in [-0.1, -0.05) is 30.3 Å². The molecule has 0 aliphatic heterocycles. The van der Waals surface area contributed by atoms with Gasteiger partial charge in [-0.05, 0) is 42.5 Å². The zero-order valence-electron chi connectivity index (χ0n) is 15.5. The standard InChI is InChI=1S/C24H14FNO4/c25-18-7-3-2-6-16(18)22-13-19(27)17-12-15(9-10-21(17)30-22)26-24(28)23-11-14-5-1-4-8-20(14)29-23/h1-13H,(H,26,28). The van der Waals surface area contributed by atoms with Gasteiger partial charge in [-0.2, -0.15) is 0 Å². The van der Waals surface area contributed by atoms with Crippen molar-refractivity contribution in [3.8, 4) is 11.3 Å². The van der Waals surface area contributed by atoms with Crippen LogP contribution >= 0.6 is 0 Å². The second-order valence-corrected chi connectivity index (χ2v) is 6.77. The van der Waals surface area contributed by atoms with Gasteiger partial charge in [0.25, 0.3) is 5.91 Å². The predicted molar refractivity (Wildman–Crippen MR) is 112 cm³/mol. The van der Waals surface area contributed by atoms with Crippen molar-refractivity contribution in [2.24, 2.45) is 0 Å². The highest BCUT2D eigenvalue weighted by molar-refractivity contribution is 6.05. The quantitative estimate of drug-likeness (QED) is 0.429. The Kier molecular flexibility index (Phi) is 4.17. The molecule has 5 aromatic rings. The fourth-order valence-corrected chi connectivity index (χ4v) is 3.31. The number of hydrogen-bond acceptors (Lipinski definition) is 4. The van der Waals surface area contributed by atoms with E-state index in [1.165, 1.54) is 18.2 Å². The van der Waals surface area contributed by atoms with Crippen LogP contribution in [-0.2, 0) is 0 Å². The Balaban J connectivity index is 1.48. The molecule has 0 radical (unpaired) electrons. The van der Waals surface area contributed by atoms with Gasteiger partial charge >= 0.3 is 0 Å². The van der Waals surface area contributed by atoms with Crippen LogP contribution in [0.1, 0.15) is 10.6 Å². The Bertz CT molecular complexity index is 1450. The molecule has 0 aliphatic rings. The van der Waals surface area contributed by atoms with Gasteiger partial charge in [-0.3, -0.25) is 9.59 Å². The van der Waals surface area contributed by atoms with Gasteiger partial charge in [-0.25, -0.2) is 4.39 Å². The largest absolute Gasteiger partial charge is 0.456 e. The van der Waals surface area contributed by atoms with Gasteiger partial charge in [0, 0.05) is 17.1 Å². The Labute approximate surface area is 169 Å². The number of amides is 1. The molecule has 0 aliphatic carbocycles. The molecular weight excluding hydrogens is 385 g/mol. The molecule has 3 aromatic carbocycles. The lowest BCUT2D eigenvalue weighted by Crippen LogP contribution is -2.11.